The van der Waals surface area contributed by atoms with E-state index in [2.05, 4.69) is 26.3 Å². The molecule has 4 bridgehead atoms. The normalized spacial score (nSPS) is 25.0. The van der Waals surface area contributed by atoms with E-state index in [1.165, 1.54) is 17.0 Å². The number of rotatable bonds is 22. The largest absolute Gasteiger partial charge is 0.391 e. The lowest BCUT2D eigenvalue weighted by Crippen LogP contribution is -2.57. The van der Waals surface area contributed by atoms with Crippen LogP contribution in [0.2, 0.25) is 0 Å². The summed E-state index contributed by atoms with van der Waals surface area (Å²) >= 11 is 1.57. The minimum absolute atomic E-state index is 0.00833. The molecule has 1 saturated heterocycles. The number of aromatic nitrogens is 1. The Morgan fingerprint density at radius 3 is 2.21 bits per heavy atom. The van der Waals surface area contributed by atoms with E-state index in [0.717, 1.165) is 58.5 Å². The molecule has 4 saturated carbocycles. The minimum atomic E-state index is -0.941. The third-order valence-corrected chi connectivity index (χ3v) is 15.6. The molecule has 68 heavy (non-hydrogen) atoms. The zero-order valence-corrected chi connectivity index (χ0v) is 40.4. The van der Waals surface area contributed by atoms with Crippen molar-refractivity contribution >= 4 is 40.9 Å². The van der Waals surface area contributed by atoms with Gasteiger partial charge in [-0.1, -0.05) is 51.1 Å². The molecule has 1 aromatic heterocycles. The lowest BCUT2D eigenvalue weighted by molar-refractivity contribution is -0.144. The fourth-order valence-corrected chi connectivity index (χ4v) is 12.0. The molecule has 4 aliphatic carbocycles. The number of likely N-dealkylation sites (tertiary alicyclic amines) is 1. The van der Waals surface area contributed by atoms with Gasteiger partial charge in [0.1, 0.15) is 17.9 Å². The van der Waals surface area contributed by atoms with E-state index in [-0.39, 0.29) is 106 Å². The van der Waals surface area contributed by atoms with Crippen LogP contribution in [0.3, 0.4) is 0 Å². The van der Waals surface area contributed by atoms with Crippen molar-refractivity contribution < 1.29 is 47.7 Å². The summed E-state index contributed by atoms with van der Waals surface area (Å²) in [6.07, 6.45) is 3.20. The molecular formula is C50H66FN7O9S. The molecule has 16 nitrogen and oxygen atoms in total. The number of β-amino-alcohol motifs (C(OH)–C–C–N with tert-alkyl or cyclic N) is 1. The van der Waals surface area contributed by atoms with Crippen molar-refractivity contribution in [3.63, 3.8) is 0 Å². The van der Waals surface area contributed by atoms with E-state index < -0.39 is 29.5 Å². The Labute approximate surface area is 401 Å². The Morgan fingerprint density at radius 1 is 0.882 bits per heavy atom. The maximum Gasteiger partial charge on any atom is 0.246 e. The third-order valence-electron chi connectivity index (χ3n) is 14.6. The number of halogens is 1. The molecule has 9 rings (SSSR count). The molecule has 3 heterocycles. The summed E-state index contributed by atoms with van der Waals surface area (Å²) in [5, 5.41) is 23.3. The highest BCUT2D eigenvalue weighted by Crippen LogP contribution is 2.67. The predicted octanol–water partition coefficient (Wildman–Crippen LogP) is 3.76. The van der Waals surface area contributed by atoms with E-state index in [0.29, 0.717) is 38.1 Å². The number of thiazole rings is 1. The van der Waals surface area contributed by atoms with Crippen LogP contribution in [0.15, 0.2) is 48.0 Å². The van der Waals surface area contributed by atoms with Gasteiger partial charge < -0.3 is 50.4 Å². The fraction of sp³-hybridized carbons (Fsp3) is 0.600. The third kappa shape index (κ3) is 11.3. The standard InChI is InChI=1S/C50H66FN7O9S/c1-31-44(68-30-53-31)33-7-5-32(6-8-33)24-52-46(63)40-21-39(59)28-58(40)47(64)45(48(2,3)4)55-41(60)11-13-65-15-17-67-18-16-66-14-12-42(61)56-50-23-36-20-37(50)22-49(36,29-50)54-25-43(62)57-26-34-9-10-38(51)19-35(34)27-57/h5-10,19,30,36-37,39-40,45,54,59H,11-18,20-29H2,1-4H3,(H,52,63)(H,55,60)(H,56,61)/t36?,37?,39-,40+,45?,49?,50?/m1/s1. The number of aryl methyl sites for hydroxylation is 1. The highest BCUT2D eigenvalue weighted by Gasteiger charge is 2.71. The van der Waals surface area contributed by atoms with Crippen LogP contribution in [0.1, 0.15) is 88.1 Å². The van der Waals surface area contributed by atoms with Crippen LogP contribution in [0.4, 0.5) is 4.39 Å². The highest BCUT2D eigenvalue weighted by atomic mass is 32.1. The first-order valence-electron chi connectivity index (χ1n) is 23.9. The zero-order chi connectivity index (χ0) is 48.2. The molecule has 3 aromatic rings. The first kappa shape index (κ1) is 49.6. The second kappa shape index (κ2) is 21.0. The maximum absolute atomic E-state index is 14.0. The number of nitrogens with one attached hydrogen (secondary N) is 4. The van der Waals surface area contributed by atoms with Crippen molar-refractivity contribution in [2.75, 3.05) is 52.7 Å². The summed E-state index contributed by atoms with van der Waals surface area (Å²) in [6.45, 7) is 10.4. The fourth-order valence-electron chi connectivity index (χ4n) is 11.2. The second-order valence-corrected chi connectivity index (χ2v) is 21.2. The number of aliphatic hydroxyl groups is 1. The Balaban J connectivity index is 0.669. The van der Waals surface area contributed by atoms with Crippen molar-refractivity contribution in [2.45, 2.75) is 122 Å². The van der Waals surface area contributed by atoms with Gasteiger partial charge in [0, 0.05) is 56.5 Å². The van der Waals surface area contributed by atoms with Crippen molar-refractivity contribution in [3.8, 4) is 10.4 Å². The van der Waals surface area contributed by atoms with Gasteiger partial charge in [0.2, 0.25) is 29.5 Å². The van der Waals surface area contributed by atoms with E-state index in [4.69, 9.17) is 14.2 Å². The van der Waals surface area contributed by atoms with Crippen molar-refractivity contribution in [1.29, 1.82) is 0 Å². The summed E-state index contributed by atoms with van der Waals surface area (Å²) in [7, 11) is 0. The number of hydrogen-bond donors (Lipinski definition) is 5. The van der Waals surface area contributed by atoms with Crippen LogP contribution in [0, 0.1) is 30.0 Å². The average molecular weight is 960 g/mol. The topological polar surface area (TPSA) is 201 Å². The number of amides is 5. The number of carbonyl (C=O) groups excluding carboxylic acids is 5. The predicted molar refractivity (Wildman–Crippen MR) is 251 cm³/mol. The van der Waals surface area contributed by atoms with Crippen LogP contribution in [-0.4, -0.2) is 131 Å². The number of nitrogens with zero attached hydrogens (tertiary/aromatic N) is 3. The van der Waals surface area contributed by atoms with Crippen LogP contribution >= 0.6 is 11.3 Å². The Morgan fingerprint density at radius 2 is 1.54 bits per heavy atom. The Hall–Kier alpha value is -4.85. The number of fused-ring (bicyclic) bond motifs is 1. The van der Waals surface area contributed by atoms with Gasteiger partial charge in [-0.05, 0) is 84.2 Å². The van der Waals surface area contributed by atoms with Gasteiger partial charge in [0.15, 0.2) is 0 Å². The smallest absolute Gasteiger partial charge is 0.246 e. The molecule has 2 aliphatic heterocycles. The van der Waals surface area contributed by atoms with Crippen LogP contribution in [0.25, 0.3) is 10.4 Å². The summed E-state index contributed by atoms with van der Waals surface area (Å²) in [5.74, 6) is -0.685. The van der Waals surface area contributed by atoms with Gasteiger partial charge in [-0.25, -0.2) is 9.37 Å². The molecule has 2 aromatic carbocycles. The second-order valence-electron chi connectivity index (χ2n) is 20.4. The molecule has 18 heteroatoms. The van der Waals surface area contributed by atoms with E-state index in [1.54, 1.807) is 22.3 Å². The molecule has 7 atom stereocenters. The van der Waals surface area contributed by atoms with Crippen molar-refractivity contribution in [1.82, 2.24) is 36.1 Å². The SMILES string of the molecule is Cc1ncsc1-c1ccc(CNC(=O)[C@@H]2C[C@@H](O)CN2C(=O)C(NC(=O)CCOCCOCCOCCC(=O)NC23CC4CC2CC4(NCC(=O)N2Cc4ccc(F)cc4C2)C3)C(C)(C)C)cc1. The summed E-state index contributed by atoms with van der Waals surface area (Å²) < 4.78 is 30.6. The average Bonchev–Trinajstić information content (AvgIpc) is 4.18. The number of aliphatic hydroxyl groups excluding tert-OH is 1. The molecular weight excluding hydrogens is 894 g/mol. The monoisotopic (exact) mass is 959 g/mol. The summed E-state index contributed by atoms with van der Waals surface area (Å²) in [4.78, 5) is 75.1. The van der Waals surface area contributed by atoms with Crippen LogP contribution in [0.5, 0.6) is 0 Å². The van der Waals surface area contributed by atoms with E-state index >= 15 is 0 Å². The molecule has 0 radical (unpaired) electrons. The maximum atomic E-state index is 14.0. The van der Waals surface area contributed by atoms with Gasteiger partial charge in [-0.3, -0.25) is 24.0 Å². The number of ether oxygens (including phenoxy) is 3. The van der Waals surface area contributed by atoms with Crippen molar-refractivity contribution in [3.05, 3.63) is 76.2 Å². The first-order valence-corrected chi connectivity index (χ1v) is 24.8. The molecule has 6 aliphatic rings. The van der Waals surface area contributed by atoms with Gasteiger partial charge in [0.05, 0.1) is 68.4 Å². The van der Waals surface area contributed by atoms with Gasteiger partial charge in [-0.15, -0.1) is 11.3 Å². The number of benzene rings is 2. The zero-order valence-electron chi connectivity index (χ0n) is 39.6. The van der Waals surface area contributed by atoms with E-state index in [1.807, 2.05) is 57.5 Å². The quantitative estimate of drug-likeness (QED) is 0.0920. The lowest BCUT2D eigenvalue weighted by Gasteiger charge is -2.35. The summed E-state index contributed by atoms with van der Waals surface area (Å²) in [5.41, 5.74) is 5.49. The van der Waals surface area contributed by atoms with Gasteiger partial charge in [-0.2, -0.15) is 0 Å². The lowest BCUT2D eigenvalue weighted by atomic mass is 9.85. The van der Waals surface area contributed by atoms with Crippen LogP contribution in [-0.2, 0) is 57.8 Å². The molecule has 5 unspecified atom stereocenters. The molecule has 5 fully saturated rings. The highest BCUT2D eigenvalue weighted by molar-refractivity contribution is 7.13. The van der Waals surface area contributed by atoms with Crippen molar-refractivity contribution in [2.24, 2.45) is 17.3 Å². The number of carbonyl (C=O) groups is 5. The molecule has 368 valence electrons. The Bertz CT molecular complexity index is 2330. The Kier molecular flexibility index (Phi) is 15.3. The summed E-state index contributed by atoms with van der Waals surface area (Å²) in [6, 6.07) is 10.7. The molecule has 0 spiro atoms. The molecule has 5 amide bonds. The van der Waals surface area contributed by atoms with E-state index in [9.17, 15) is 33.5 Å². The minimum Gasteiger partial charge on any atom is -0.391 e. The van der Waals surface area contributed by atoms with Gasteiger partial charge >= 0.3 is 0 Å². The first-order chi connectivity index (χ1) is 32.5. The number of hydrogen-bond acceptors (Lipinski definition) is 12. The van der Waals surface area contributed by atoms with Crippen LogP contribution < -0.4 is 21.3 Å². The molecule has 5 N–H and O–H groups in total. The van der Waals surface area contributed by atoms with Gasteiger partial charge in [0.25, 0.3) is 0 Å².